The molecule has 0 amide bonds. The first kappa shape index (κ1) is 30.3. The molecule has 1 aromatic carbocycles. The molecule has 0 aliphatic rings. The second kappa shape index (κ2) is 44.4. The van der Waals surface area contributed by atoms with Crippen LogP contribution in [0.15, 0.2) is 30.3 Å². The molecule has 0 heterocycles. The zero-order chi connectivity index (χ0) is 14.5. The van der Waals surface area contributed by atoms with E-state index in [1.54, 1.807) is 0 Å². The van der Waals surface area contributed by atoms with Crippen LogP contribution in [0.2, 0.25) is 0 Å². The van der Waals surface area contributed by atoms with Gasteiger partial charge in [-0.05, 0) is 0 Å². The Balaban J connectivity index is -0.0000000486. The fraction of sp³-hybridized carbons (Fsp3) is 0.0833. The molecule has 94 valence electrons. The third kappa shape index (κ3) is 36.3. The molecule has 0 aliphatic carbocycles. The van der Waals surface area contributed by atoms with E-state index < -0.39 is 0 Å². The molecule has 0 aliphatic heterocycles. The van der Waals surface area contributed by atoms with Gasteiger partial charge in [0.25, 0.3) is 0 Å². The minimum atomic E-state index is 0. The first-order valence-electron chi connectivity index (χ1n) is 3.68. The van der Waals surface area contributed by atoms with Crippen LogP contribution < -0.4 is 17.0 Å². The van der Waals surface area contributed by atoms with Gasteiger partial charge in [-0.2, -0.15) is 6.92 Å². The molecular formula is C12H8BrO4W-. The van der Waals surface area contributed by atoms with E-state index in [4.69, 9.17) is 18.8 Å². The Labute approximate surface area is 128 Å². The van der Waals surface area contributed by atoms with E-state index in [9.17, 15) is 0 Å². The average molecular weight is 480 g/mol. The molecule has 0 saturated carbocycles. The van der Waals surface area contributed by atoms with Gasteiger partial charge in [0.2, 0.25) is 0 Å². The van der Waals surface area contributed by atoms with Gasteiger partial charge in [-0.25, -0.2) is 0 Å². The molecule has 0 N–H and O–H groups in total. The fourth-order valence-corrected chi connectivity index (χ4v) is 0.995. The van der Waals surface area contributed by atoms with Crippen LogP contribution in [-0.4, -0.2) is 6.29 Å². The van der Waals surface area contributed by atoms with Crippen molar-refractivity contribution in [2.75, 3.05) is 0 Å². The number of benzene rings is 1. The Hall–Kier alpha value is -0.942. The molecular weight excluding hydrogens is 472 g/mol. The molecule has 4 nitrogen and oxygen atoms in total. The van der Waals surface area contributed by atoms with Crippen molar-refractivity contribution < 1.29 is 54.9 Å². The molecule has 0 aromatic heterocycles. The molecule has 0 spiro atoms. The van der Waals surface area contributed by atoms with Gasteiger partial charge in [-0.15, -0.1) is 0 Å². The van der Waals surface area contributed by atoms with E-state index in [0.717, 1.165) is 0 Å². The van der Waals surface area contributed by atoms with E-state index in [2.05, 4.69) is 24.2 Å². The summed E-state index contributed by atoms with van der Waals surface area (Å²) in [6.07, 6.45) is 1.50. The summed E-state index contributed by atoms with van der Waals surface area (Å²) < 4.78 is 25.6. The molecule has 0 saturated heterocycles. The van der Waals surface area contributed by atoms with Crippen molar-refractivity contribution in [2.24, 2.45) is 0 Å². The second-order valence-electron chi connectivity index (χ2n) is 1.67. The van der Waals surface area contributed by atoms with Gasteiger partial charge in [-0.1, -0.05) is 0 Å². The zero-order valence-electron chi connectivity index (χ0n) is 9.31. The monoisotopic (exact) mass is 479 g/mol. The Morgan fingerprint density at radius 2 is 1.33 bits per heavy atom. The number of rotatable bonds is 0. The van der Waals surface area contributed by atoms with Gasteiger partial charge in [0.1, 0.15) is 0 Å². The van der Waals surface area contributed by atoms with Gasteiger partial charge >= 0.3 is 93.2 Å². The van der Waals surface area contributed by atoms with Crippen LogP contribution in [-0.2, 0) is 37.9 Å². The van der Waals surface area contributed by atoms with Crippen molar-refractivity contribution >= 4 is 6.29 Å². The normalized spacial score (nSPS) is 4.56. The predicted octanol–water partition coefficient (Wildman–Crippen LogP) is -1.45. The molecule has 0 unspecified atom stereocenters. The third-order valence-corrected chi connectivity index (χ3v) is 1.74. The first-order chi connectivity index (χ1) is 8.35. The van der Waals surface area contributed by atoms with Gasteiger partial charge in [-0.3, -0.25) is 6.29 Å². The molecule has 1 rings (SSSR count). The van der Waals surface area contributed by atoms with Crippen LogP contribution >= 0.6 is 0 Å². The van der Waals surface area contributed by atoms with Crippen molar-refractivity contribution in [3.63, 3.8) is 0 Å². The second-order valence-corrected chi connectivity index (χ2v) is 2.41. The van der Waals surface area contributed by atoms with E-state index >= 15 is 0 Å². The molecule has 0 radical (unpaired) electrons. The summed E-state index contributed by atoms with van der Waals surface area (Å²) in [4.78, 5) is 8.68. The molecule has 0 bridgehead atoms. The minimum absolute atomic E-state index is 0. The Bertz CT molecular complexity index is 338. The summed E-state index contributed by atoms with van der Waals surface area (Å²) in [5, 5.41) is 0. The maximum absolute atomic E-state index is 8.68. The first-order valence-corrected chi connectivity index (χ1v) is 5.15. The SMILES string of the molecule is C[C-]=O.[Br-].[C-]#[O+].[C-]#[O+].[C-]#[O+].[W+]#[C]c1ccccc1. The van der Waals surface area contributed by atoms with Crippen LogP contribution in [0, 0.1) is 24.2 Å². The van der Waals surface area contributed by atoms with Crippen LogP contribution in [0.25, 0.3) is 0 Å². The van der Waals surface area contributed by atoms with Crippen molar-refractivity contribution in [1.82, 2.24) is 0 Å². The molecule has 0 fully saturated rings. The van der Waals surface area contributed by atoms with Crippen LogP contribution in [0.3, 0.4) is 0 Å². The standard InChI is InChI=1S/C7H5.C2H3O.3CO.BrH.W/c1-7-5-3-2-4-6-7;1-2-3;3*1-2;;/h2-6H;1H3;;;;1H;/q;-1;;;;;+1/p-1. The number of carbonyl (C=O) groups excluding carboxylic acids is 1. The van der Waals surface area contributed by atoms with E-state index in [1.165, 1.54) is 37.9 Å². The molecule has 18 heavy (non-hydrogen) atoms. The fourth-order valence-electron chi connectivity index (χ4n) is 0.506. The predicted molar refractivity (Wildman–Crippen MR) is 52.6 cm³/mol. The summed E-state index contributed by atoms with van der Waals surface area (Å²) in [6, 6.07) is 10.1. The average Bonchev–Trinajstić information content (AvgIpc) is 2.47. The summed E-state index contributed by atoms with van der Waals surface area (Å²) in [7, 11) is 0. The maximum atomic E-state index is 8.68. The molecule has 6 heteroatoms. The Morgan fingerprint density at radius 1 is 1.06 bits per heavy atom. The van der Waals surface area contributed by atoms with E-state index in [0.29, 0.717) is 0 Å². The van der Waals surface area contributed by atoms with Crippen molar-refractivity contribution in [2.45, 2.75) is 6.92 Å². The quantitative estimate of drug-likeness (QED) is 0.331. The van der Waals surface area contributed by atoms with Crippen molar-refractivity contribution in [1.29, 1.82) is 0 Å². The van der Waals surface area contributed by atoms with E-state index in [1.807, 2.05) is 30.3 Å². The summed E-state index contributed by atoms with van der Waals surface area (Å²) >= 11 is 1.38. The number of hydrogen-bond donors (Lipinski definition) is 0. The molecule has 0 atom stereocenters. The summed E-state index contributed by atoms with van der Waals surface area (Å²) in [5.74, 6) is 0. The van der Waals surface area contributed by atoms with Gasteiger partial charge in [0, 0.05) is 0 Å². The topological polar surface area (TPSA) is 76.8 Å². The Morgan fingerprint density at radius 3 is 1.50 bits per heavy atom. The summed E-state index contributed by atoms with van der Waals surface area (Å²) in [6.45, 7) is 14.8. The van der Waals surface area contributed by atoms with Crippen LogP contribution in [0.1, 0.15) is 12.5 Å². The number of hydrogen-bond acceptors (Lipinski definition) is 1. The van der Waals surface area contributed by atoms with Crippen molar-refractivity contribution in [3.05, 3.63) is 55.8 Å². The van der Waals surface area contributed by atoms with Gasteiger partial charge in [0.15, 0.2) is 0 Å². The molecule has 1 aromatic rings. The van der Waals surface area contributed by atoms with Gasteiger partial charge < -0.3 is 21.8 Å². The Kier molecular flexibility index (Phi) is 74.6. The third-order valence-electron chi connectivity index (χ3n) is 0.892. The van der Waals surface area contributed by atoms with Gasteiger partial charge in [0.05, 0.1) is 0 Å². The number of halogens is 1. The van der Waals surface area contributed by atoms with E-state index in [-0.39, 0.29) is 17.0 Å². The summed E-state index contributed by atoms with van der Waals surface area (Å²) in [5.41, 5.74) is 1.20. The van der Waals surface area contributed by atoms with Crippen LogP contribution in [0.5, 0.6) is 0 Å². The zero-order valence-corrected chi connectivity index (χ0v) is 13.8. The van der Waals surface area contributed by atoms with Crippen molar-refractivity contribution in [3.8, 4) is 4.20 Å². The van der Waals surface area contributed by atoms with Crippen LogP contribution in [0.4, 0.5) is 0 Å².